The Labute approximate surface area is 165 Å². The van der Waals surface area contributed by atoms with E-state index >= 15 is 0 Å². The molecule has 4 amide bonds. The fraction of sp³-hybridized carbons (Fsp3) is 0.118. The number of benzene rings is 1. The van der Waals surface area contributed by atoms with Crippen LogP contribution in [0, 0.1) is 6.92 Å². The second-order valence-corrected chi connectivity index (χ2v) is 7.09. The summed E-state index contributed by atoms with van der Waals surface area (Å²) in [4.78, 5) is 37.5. The Bertz CT molecular complexity index is 916. The number of hydrogen-bond acceptors (Lipinski definition) is 4. The number of carbonyl (C=O) groups is 3. The van der Waals surface area contributed by atoms with Gasteiger partial charge >= 0.3 is 6.03 Å². The maximum atomic E-state index is 12.4. The molecule has 1 aliphatic heterocycles. The number of para-hydroxylation sites is 1. The van der Waals surface area contributed by atoms with Crippen LogP contribution in [0.15, 0.2) is 49.6 Å². The van der Waals surface area contributed by atoms with Crippen molar-refractivity contribution < 1.29 is 18.8 Å². The molecular weight excluding hydrogens is 470 g/mol. The Hall–Kier alpha value is -2.39. The zero-order chi connectivity index (χ0) is 18.8. The monoisotopic (exact) mass is 481 g/mol. The Morgan fingerprint density at radius 1 is 1.31 bits per heavy atom. The first kappa shape index (κ1) is 18.4. The lowest BCUT2D eigenvalue weighted by Gasteiger charge is -2.13. The number of urea groups is 1. The Kier molecular flexibility index (Phi) is 5.28. The molecule has 2 heterocycles. The van der Waals surface area contributed by atoms with E-state index in [1.165, 1.54) is 6.08 Å². The minimum Gasteiger partial charge on any atom is -0.449 e. The Morgan fingerprint density at radius 2 is 2.04 bits per heavy atom. The van der Waals surface area contributed by atoms with Crippen LogP contribution >= 0.6 is 31.9 Å². The zero-order valence-corrected chi connectivity index (χ0v) is 16.7. The van der Waals surface area contributed by atoms with Crippen molar-refractivity contribution in [2.75, 3.05) is 11.9 Å². The second kappa shape index (κ2) is 7.46. The fourth-order valence-corrected chi connectivity index (χ4v) is 2.95. The largest absolute Gasteiger partial charge is 0.449 e. The van der Waals surface area contributed by atoms with Crippen molar-refractivity contribution in [2.24, 2.45) is 0 Å². The summed E-state index contributed by atoms with van der Waals surface area (Å²) in [6.07, 6.45) is 1.40. The molecule has 1 aromatic carbocycles. The molecule has 7 nitrogen and oxygen atoms in total. The van der Waals surface area contributed by atoms with Gasteiger partial charge in [-0.2, -0.15) is 0 Å². The molecule has 134 valence electrons. The van der Waals surface area contributed by atoms with E-state index in [-0.39, 0.29) is 12.2 Å². The summed E-state index contributed by atoms with van der Waals surface area (Å²) >= 11 is 6.46. The molecule has 0 spiro atoms. The van der Waals surface area contributed by atoms with E-state index in [0.29, 0.717) is 20.6 Å². The van der Waals surface area contributed by atoms with Crippen molar-refractivity contribution in [3.8, 4) is 0 Å². The van der Waals surface area contributed by atoms with Crippen LogP contribution in [-0.4, -0.2) is 29.3 Å². The first-order valence-corrected chi connectivity index (χ1v) is 9.08. The van der Waals surface area contributed by atoms with Crippen molar-refractivity contribution in [2.45, 2.75) is 6.92 Å². The molecule has 1 fully saturated rings. The van der Waals surface area contributed by atoms with Gasteiger partial charge in [0.05, 0.1) is 4.47 Å². The van der Waals surface area contributed by atoms with Crippen molar-refractivity contribution in [3.63, 3.8) is 0 Å². The quantitative estimate of drug-likeness (QED) is 0.514. The number of imide groups is 1. The average Bonchev–Trinajstić information content (AvgIpc) is 3.03. The lowest BCUT2D eigenvalue weighted by Crippen LogP contribution is -2.38. The molecule has 1 saturated heterocycles. The number of anilines is 1. The maximum Gasteiger partial charge on any atom is 0.329 e. The van der Waals surface area contributed by atoms with Crippen molar-refractivity contribution in [1.29, 1.82) is 0 Å². The summed E-state index contributed by atoms with van der Waals surface area (Å²) in [6, 6.07) is 8.22. The third-order valence-electron chi connectivity index (χ3n) is 3.63. The summed E-state index contributed by atoms with van der Waals surface area (Å²) in [7, 11) is 0. The van der Waals surface area contributed by atoms with E-state index in [9.17, 15) is 14.4 Å². The zero-order valence-electron chi connectivity index (χ0n) is 13.5. The molecule has 1 aromatic heterocycles. The minimum atomic E-state index is -0.661. The second-order valence-electron chi connectivity index (χ2n) is 5.51. The SMILES string of the molecule is Cc1ccccc1NC(=O)CN1C(=O)N/C(=C\c2cc(Br)c(Br)o2)C1=O. The normalized spacial score (nSPS) is 15.5. The highest BCUT2D eigenvalue weighted by Gasteiger charge is 2.35. The molecule has 0 saturated carbocycles. The van der Waals surface area contributed by atoms with Gasteiger partial charge in [-0.15, -0.1) is 0 Å². The van der Waals surface area contributed by atoms with Gasteiger partial charge < -0.3 is 15.1 Å². The molecule has 3 rings (SSSR count). The van der Waals surface area contributed by atoms with Gasteiger partial charge in [-0.1, -0.05) is 18.2 Å². The van der Waals surface area contributed by atoms with Gasteiger partial charge in [0.25, 0.3) is 5.91 Å². The topological polar surface area (TPSA) is 91.7 Å². The fourth-order valence-electron chi connectivity index (χ4n) is 2.34. The van der Waals surface area contributed by atoms with E-state index in [1.54, 1.807) is 18.2 Å². The molecule has 0 unspecified atom stereocenters. The number of hydrogen-bond donors (Lipinski definition) is 2. The Balaban J connectivity index is 1.71. The molecule has 0 atom stereocenters. The molecule has 0 aliphatic carbocycles. The average molecular weight is 483 g/mol. The van der Waals surface area contributed by atoms with Crippen LogP contribution in [0.3, 0.4) is 0 Å². The molecular formula is C17H13Br2N3O4. The van der Waals surface area contributed by atoms with E-state index < -0.39 is 17.8 Å². The molecule has 0 radical (unpaired) electrons. The van der Waals surface area contributed by atoms with Crippen LogP contribution in [0.5, 0.6) is 0 Å². The summed E-state index contributed by atoms with van der Waals surface area (Å²) in [5, 5.41) is 5.13. The van der Waals surface area contributed by atoms with Gasteiger partial charge in [0.15, 0.2) is 4.67 Å². The van der Waals surface area contributed by atoms with E-state index in [0.717, 1.165) is 10.5 Å². The lowest BCUT2D eigenvalue weighted by molar-refractivity contribution is -0.127. The molecule has 1 aliphatic rings. The smallest absolute Gasteiger partial charge is 0.329 e. The van der Waals surface area contributed by atoms with E-state index in [4.69, 9.17) is 4.42 Å². The minimum absolute atomic E-state index is 0.0347. The van der Waals surface area contributed by atoms with Crippen LogP contribution < -0.4 is 10.6 Å². The highest BCUT2D eigenvalue weighted by Crippen LogP contribution is 2.28. The maximum absolute atomic E-state index is 12.4. The molecule has 2 aromatic rings. The number of nitrogens with one attached hydrogen (secondary N) is 2. The highest BCUT2D eigenvalue weighted by atomic mass is 79.9. The summed E-state index contributed by atoms with van der Waals surface area (Å²) in [6.45, 7) is 1.46. The number of halogens is 2. The van der Waals surface area contributed by atoms with Crippen molar-refractivity contribution >= 4 is 61.5 Å². The van der Waals surface area contributed by atoms with E-state index in [1.807, 2.05) is 19.1 Å². The number of furan rings is 1. The lowest BCUT2D eigenvalue weighted by atomic mass is 10.2. The third kappa shape index (κ3) is 3.88. The molecule has 0 bridgehead atoms. The number of nitrogens with zero attached hydrogens (tertiary/aromatic N) is 1. The van der Waals surface area contributed by atoms with Gasteiger partial charge in [0, 0.05) is 11.8 Å². The number of aryl methyl sites for hydroxylation is 1. The number of rotatable bonds is 4. The first-order chi connectivity index (χ1) is 12.3. The predicted molar refractivity (Wildman–Crippen MR) is 102 cm³/mol. The number of carbonyl (C=O) groups excluding carboxylic acids is 3. The van der Waals surface area contributed by atoms with Gasteiger partial charge in [-0.3, -0.25) is 9.59 Å². The molecule has 26 heavy (non-hydrogen) atoms. The van der Waals surface area contributed by atoms with Crippen LogP contribution in [0.1, 0.15) is 11.3 Å². The van der Waals surface area contributed by atoms with Crippen LogP contribution in [-0.2, 0) is 9.59 Å². The first-order valence-electron chi connectivity index (χ1n) is 7.50. The van der Waals surface area contributed by atoms with Crippen LogP contribution in [0.4, 0.5) is 10.5 Å². The highest BCUT2D eigenvalue weighted by molar-refractivity contribution is 9.13. The Morgan fingerprint density at radius 3 is 2.69 bits per heavy atom. The van der Waals surface area contributed by atoms with Gasteiger partial charge in [0.1, 0.15) is 18.0 Å². The van der Waals surface area contributed by atoms with E-state index in [2.05, 4.69) is 42.5 Å². The van der Waals surface area contributed by atoms with Crippen LogP contribution in [0.25, 0.3) is 6.08 Å². The van der Waals surface area contributed by atoms with Crippen molar-refractivity contribution in [3.05, 3.63) is 56.5 Å². The summed E-state index contributed by atoms with van der Waals surface area (Å²) in [5.41, 5.74) is 1.55. The van der Waals surface area contributed by atoms with Gasteiger partial charge in [0.2, 0.25) is 5.91 Å². The summed E-state index contributed by atoms with van der Waals surface area (Å²) in [5.74, 6) is -0.690. The van der Waals surface area contributed by atoms with Crippen molar-refractivity contribution in [1.82, 2.24) is 10.2 Å². The van der Waals surface area contributed by atoms with Crippen LogP contribution in [0.2, 0.25) is 0 Å². The van der Waals surface area contributed by atoms with Gasteiger partial charge in [-0.25, -0.2) is 9.69 Å². The third-order valence-corrected chi connectivity index (χ3v) is 5.34. The molecule has 2 N–H and O–H groups in total. The summed E-state index contributed by atoms with van der Waals surface area (Å²) < 4.78 is 6.50. The predicted octanol–water partition coefficient (Wildman–Crippen LogP) is 3.64. The molecule has 9 heteroatoms. The number of amides is 4. The standard InChI is InChI=1S/C17H13Br2N3O4/c1-9-4-2-3-5-12(9)20-14(23)8-22-16(24)13(21-17(22)25)7-10-6-11(18)15(19)26-10/h2-7H,8H2,1H3,(H,20,23)(H,21,25)/b13-7-. The van der Waals surface area contributed by atoms with Gasteiger partial charge in [-0.05, 0) is 56.5 Å².